The summed E-state index contributed by atoms with van der Waals surface area (Å²) in [6.07, 6.45) is 3.50. The minimum absolute atomic E-state index is 0.171. The van der Waals surface area contributed by atoms with Gasteiger partial charge in [0.2, 0.25) is 0 Å². The van der Waals surface area contributed by atoms with Gasteiger partial charge < -0.3 is 4.57 Å². The third-order valence-electron chi connectivity index (χ3n) is 8.60. The third-order valence-corrected chi connectivity index (χ3v) is 8.60. The topological polar surface area (TPSA) is 73.2 Å². The van der Waals surface area contributed by atoms with Gasteiger partial charge in [0.15, 0.2) is 5.82 Å². The molecule has 1 atom stereocenters. The molecule has 0 spiro atoms. The predicted molar refractivity (Wildman–Crippen MR) is 157 cm³/mol. The number of halogens is 4. The van der Waals surface area contributed by atoms with Crippen molar-refractivity contribution in [2.24, 2.45) is 13.0 Å². The summed E-state index contributed by atoms with van der Waals surface area (Å²) in [4.78, 5) is 20.7. The molecule has 0 amide bonds. The average molecular weight is 606 g/mol. The van der Waals surface area contributed by atoms with E-state index in [0.29, 0.717) is 40.5 Å². The van der Waals surface area contributed by atoms with Crippen molar-refractivity contribution in [2.75, 3.05) is 13.1 Å². The summed E-state index contributed by atoms with van der Waals surface area (Å²) in [5.41, 5.74) is 1.19. The smallest absolute Gasteiger partial charge is 0.317 e. The standard InChI is InChI=1S/C32H31F4N7O/c1-19-4-3-9-41(14-19)15-20-10-26(32(34,35)36)28-17-43(31(44)42(28)16-20)29-12-22(11-27(38-29)21-5-6-21)24-8-7-23(33)13-25(24)30-39-37-18-40(30)2/h7-8,10-13,16-19,21H,3-6,9,14-15H2,1-2H3/t19-/m0/s1. The number of hydrogen-bond acceptors (Lipinski definition) is 5. The highest BCUT2D eigenvalue weighted by Gasteiger charge is 2.35. The molecular weight excluding hydrogens is 574 g/mol. The van der Waals surface area contributed by atoms with E-state index in [1.807, 2.05) is 6.07 Å². The quantitative estimate of drug-likeness (QED) is 0.215. The van der Waals surface area contributed by atoms with Crippen molar-refractivity contribution in [1.82, 2.24) is 33.6 Å². The number of piperidine rings is 1. The monoisotopic (exact) mass is 605 g/mol. The number of fused-ring (bicyclic) bond motifs is 1. The predicted octanol–water partition coefficient (Wildman–Crippen LogP) is 6.21. The SMILES string of the molecule is C[C@H]1CCCN(Cc2cc(C(F)(F)F)c3cn(-c4cc(-c5ccc(F)cc5-c5nncn5C)cc(C5CC5)n4)c(=O)n3c2)C1. The van der Waals surface area contributed by atoms with E-state index in [1.165, 1.54) is 35.4 Å². The molecule has 44 heavy (non-hydrogen) atoms. The number of imidazole rings is 1. The van der Waals surface area contributed by atoms with Gasteiger partial charge >= 0.3 is 11.9 Å². The second-order valence-electron chi connectivity index (χ2n) is 12.1. The van der Waals surface area contributed by atoms with E-state index in [0.717, 1.165) is 54.9 Å². The molecule has 5 heterocycles. The Hall–Kier alpha value is -4.32. The van der Waals surface area contributed by atoms with Crippen LogP contribution < -0.4 is 5.69 Å². The second kappa shape index (κ2) is 10.7. The summed E-state index contributed by atoms with van der Waals surface area (Å²) in [5, 5.41) is 8.09. The minimum Gasteiger partial charge on any atom is -0.317 e. The molecule has 1 saturated heterocycles. The summed E-state index contributed by atoms with van der Waals surface area (Å²) >= 11 is 0. The maximum atomic E-state index is 14.4. The normalized spacial score (nSPS) is 17.9. The number of alkyl halides is 3. The Morgan fingerprint density at radius 2 is 1.84 bits per heavy atom. The molecule has 0 bridgehead atoms. The fourth-order valence-electron chi connectivity index (χ4n) is 6.30. The van der Waals surface area contributed by atoms with Crippen molar-refractivity contribution in [3.05, 3.63) is 88.2 Å². The van der Waals surface area contributed by atoms with Gasteiger partial charge in [-0.25, -0.2) is 14.2 Å². The minimum atomic E-state index is -4.66. The van der Waals surface area contributed by atoms with Crippen molar-refractivity contribution in [3.8, 4) is 28.3 Å². The van der Waals surface area contributed by atoms with Gasteiger partial charge in [-0.05, 0) is 85.2 Å². The lowest BCUT2D eigenvalue weighted by Gasteiger charge is -2.31. The van der Waals surface area contributed by atoms with Crippen molar-refractivity contribution >= 4 is 5.52 Å². The Morgan fingerprint density at radius 3 is 2.55 bits per heavy atom. The van der Waals surface area contributed by atoms with Gasteiger partial charge in [-0.1, -0.05) is 13.0 Å². The molecule has 0 unspecified atom stereocenters. The number of likely N-dealkylation sites (tertiary alicyclic amines) is 1. The Morgan fingerprint density at radius 1 is 1.02 bits per heavy atom. The van der Waals surface area contributed by atoms with Crippen LogP contribution in [0.15, 0.2) is 59.9 Å². The van der Waals surface area contributed by atoms with E-state index in [2.05, 4.69) is 22.0 Å². The van der Waals surface area contributed by atoms with Crippen molar-refractivity contribution < 1.29 is 17.6 Å². The van der Waals surface area contributed by atoms with E-state index in [4.69, 9.17) is 4.98 Å². The molecule has 12 heteroatoms. The number of aromatic nitrogens is 6. The molecule has 228 valence electrons. The first kappa shape index (κ1) is 28.5. The summed E-state index contributed by atoms with van der Waals surface area (Å²) < 4.78 is 61.6. The van der Waals surface area contributed by atoms with Gasteiger partial charge in [0, 0.05) is 49.7 Å². The van der Waals surface area contributed by atoms with Crippen molar-refractivity contribution in [3.63, 3.8) is 0 Å². The number of rotatable bonds is 6. The number of aryl methyl sites for hydroxylation is 1. The van der Waals surface area contributed by atoms with Gasteiger partial charge in [-0.2, -0.15) is 13.2 Å². The average Bonchev–Trinajstić information content (AvgIpc) is 3.67. The van der Waals surface area contributed by atoms with Crippen LogP contribution in [0.4, 0.5) is 17.6 Å². The molecule has 8 nitrogen and oxygen atoms in total. The molecule has 5 aromatic rings. The summed E-state index contributed by atoms with van der Waals surface area (Å²) in [7, 11) is 1.75. The van der Waals surface area contributed by atoms with Crippen LogP contribution in [0, 0.1) is 11.7 Å². The van der Waals surface area contributed by atoms with Crippen LogP contribution in [0.2, 0.25) is 0 Å². The highest BCUT2D eigenvalue weighted by molar-refractivity contribution is 5.81. The highest BCUT2D eigenvalue weighted by atomic mass is 19.4. The zero-order valence-corrected chi connectivity index (χ0v) is 24.4. The van der Waals surface area contributed by atoms with Crippen LogP contribution in [0.3, 0.4) is 0 Å². The van der Waals surface area contributed by atoms with Gasteiger partial charge in [-0.15, -0.1) is 10.2 Å². The lowest BCUT2D eigenvalue weighted by atomic mass is 9.98. The van der Waals surface area contributed by atoms with Crippen LogP contribution >= 0.6 is 0 Å². The molecule has 1 aliphatic carbocycles. The van der Waals surface area contributed by atoms with E-state index in [-0.39, 0.29) is 17.3 Å². The first-order chi connectivity index (χ1) is 21.0. The molecule has 2 fully saturated rings. The van der Waals surface area contributed by atoms with Gasteiger partial charge in [0.05, 0.1) is 11.1 Å². The fraction of sp³-hybridized carbons (Fsp3) is 0.375. The Kier molecular flexibility index (Phi) is 6.91. The number of hydrogen-bond donors (Lipinski definition) is 0. The van der Waals surface area contributed by atoms with Crippen LogP contribution in [0.5, 0.6) is 0 Å². The Bertz CT molecular complexity index is 1940. The summed E-state index contributed by atoms with van der Waals surface area (Å²) in [6.45, 7) is 4.08. The molecule has 7 rings (SSSR count). The zero-order valence-electron chi connectivity index (χ0n) is 24.4. The lowest BCUT2D eigenvalue weighted by molar-refractivity contribution is -0.136. The van der Waals surface area contributed by atoms with Gasteiger partial charge in [-0.3, -0.25) is 13.9 Å². The number of benzene rings is 1. The lowest BCUT2D eigenvalue weighted by Crippen LogP contribution is -2.34. The van der Waals surface area contributed by atoms with E-state index < -0.39 is 23.2 Å². The van der Waals surface area contributed by atoms with Crippen LogP contribution in [-0.4, -0.2) is 46.7 Å². The molecule has 1 aliphatic heterocycles. The maximum absolute atomic E-state index is 14.4. The molecular formula is C32H31F4N7O. The van der Waals surface area contributed by atoms with E-state index in [9.17, 15) is 22.4 Å². The Balaban J connectivity index is 1.38. The molecule has 1 aromatic carbocycles. The van der Waals surface area contributed by atoms with E-state index >= 15 is 0 Å². The molecule has 0 radical (unpaired) electrons. The first-order valence-corrected chi connectivity index (χ1v) is 14.8. The molecule has 1 saturated carbocycles. The highest BCUT2D eigenvalue weighted by Crippen LogP contribution is 2.42. The first-order valence-electron chi connectivity index (χ1n) is 14.8. The zero-order chi connectivity index (χ0) is 30.7. The maximum Gasteiger partial charge on any atom is 0.418 e. The molecule has 2 aliphatic rings. The summed E-state index contributed by atoms with van der Waals surface area (Å²) in [5.74, 6) is 0.832. The fourth-order valence-corrected chi connectivity index (χ4v) is 6.30. The molecule has 4 aromatic heterocycles. The summed E-state index contributed by atoms with van der Waals surface area (Å²) in [6, 6.07) is 9.05. The number of pyridine rings is 2. The van der Waals surface area contributed by atoms with Crippen molar-refractivity contribution in [2.45, 2.75) is 51.2 Å². The van der Waals surface area contributed by atoms with Crippen LogP contribution in [0.25, 0.3) is 33.8 Å². The van der Waals surface area contributed by atoms with Gasteiger partial charge in [0.25, 0.3) is 0 Å². The Labute approximate surface area is 250 Å². The third kappa shape index (κ3) is 5.31. The van der Waals surface area contributed by atoms with Crippen molar-refractivity contribution in [1.29, 1.82) is 0 Å². The number of nitrogens with zero attached hydrogens (tertiary/aromatic N) is 7. The van der Waals surface area contributed by atoms with Gasteiger partial charge in [0.1, 0.15) is 18.0 Å². The second-order valence-corrected chi connectivity index (χ2v) is 12.1. The van der Waals surface area contributed by atoms with Crippen LogP contribution in [-0.2, 0) is 19.8 Å². The largest absolute Gasteiger partial charge is 0.418 e. The van der Waals surface area contributed by atoms with E-state index in [1.54, 1.807) is 23.7 Å². The van der Waals surface area contributed by atoms with Crippen LogP contribution in [0.1, 0.15) is 55.3 Å². The molecule has 0 N–H and O–H groups in total.